The lowest BCUT2D eigenvalue weighted by Crippen LogP contribution is -2.51. The Morgan fingerprint density at radius 1 is 1.04 bits per heavy atom. The van der Waals surface area contributed by atoms with Crippen molar-refractivity contribution < 1.29 is 4.79 Å². The van der Waals surface area contributed by atoms with Crippen LogP contribution in [0.5, 0.6) is 0 Å². The number of nitrogens with zero attached hydrogens (tertiary/aromatic N) is 4. The zero-order chi connectivity index (χ0) is 19.7. The molecule has 1 aliphatic heterocycles. The summed E-state index contributed by atoms with van der Waals surface area (Å²) in [4.78, 5) is 33.8. The lowest BCUT2D eigenvalue weighted by atomic mass is 10.1. The van der Waals surface area contributed by atoms with E-state index >= 15 is 0 Å². The van der Waals surface area contributed by atoms with Crippen molar-refractivity contribution in [2.45, 2.75) is 6.42 Å². The second kappa shape index (κ2) is 7.75. The third-order valence-electron chi connectivity index (χ3n) is 5.17. The van der Waals surface area contributed by atoms with E-state index in [-0.39, 0.29) is 11.5 Å². The minimum atomic E-state index is -0.103. The van der Waals surface area contributed by atoms with Gasteiger partial charge in [-0.2, -0.15) is 0 Å². The molecular formula is C21H21BrN4O2. The number of amides is 1. The molecule has 3 aromatic rings. The average Bonchev–Trinajstić information content (AvgIpc) is 2.72. The summed E-state index contributed by atoms with van der Waals surface area (Å²) in [5.41, 5.74) is 2.52. The van der Waals surface area contributed by atoms with Gasteiger partial charge in [-0.1, -0.05) is 40.2 Å². The lowest BCUT2D eigenvalue weighted by Gasteiger charge is -2.35. The van der Waals surface area contributed by atoms with Crippen molar-refractivity contribution in [2.24, 2.45) is 7.05 Å². The van der Waals surface area contributed by atoms with E-state index in [0.717, 1.165) is 21.1 Å². The summed E-state index contributed by atoms with van der Waals surface area (Å²) in [5, 5.41) is 0. The van der Waals surface area contributed by atoms with Gasteiger partial charge in [-0.25, -0.2) is 4.98 Å². The Hall–Kier alpha value is -2.67. The molecule has 0 radical (unpaired) electrons. The van der Waals surface area contributed by atoms with Gasteiger partial charge in [0.25, 0.3) is 5.56 Å². The first-order valence-electron chi connectivity index (χ1n) is 9.26. The normalized spacial score (nSPS) is 14.5. The number of aromatic nitrogens is 2. The molecule has 0 saturated carbocycles. The van der Waals surface area contributed by atoms with Gasteiger partial charge < -0.3 is 14.4 Å². The zero-order valence-corrected chi connectivity index (χ0v) is 17.2. The second-order valence-electron chi connectivity index (χ2n) is 6.96. The number of rotatable bonds is 3. The van der Waals surface area contributed by atoms with E-state index in [9.17, 15) is 9.59 Å². The summed E-state index contributed by atoms with van der Waals surface area (Å²) < 4.78 is 2.64. The number of hydrogen-bond donors (Lipinski definition) is 0. The standard InChI is InChI=1S/C21H21BrN4O2/c1-24-18-5-3-2-4-17(18)23-20(21(24)28)26-12-10-25(11-13-26)19(27)14-15-6-8-16(22)9-7-15/h2-9H,10-14H2,1H3. The number of aryl methyl sites for hydroxylation is 1. The zero-order valence-electron chi connectivity index (χ0n) is 15.6. The van der Waals surface area contributed by atoms with Gasteiger partial charge in [0.2, 0.25) is 5.91 Å². The molecule has 0 unspecified atom stereocenters. The molecule has 1 amide bonds. The van der Waals surface area contributed by atoms with Crippen LogP contribution in [-0.2, 0) is 18.3 Å². The number of anilines is 1. The minimum absolute atomic E-state index is 0.103. The van der Waals surface area contributed by atoms with E-state index in [1.807, 2.05) is 58.3 Å². The van der Waals surface area contributed by atoms with Gasteiger partial charge in [0.15, 0.2) is 5.82 Å². The van der Waals surface area contributed by atoms with Crippen molar-refractivity contribution in [1.29, 1.82) is 0 Å². The first-order chi connectivity index (χ1) is 13.5. The molecule has 7 heteroatoms. The van der Waals surface area contributed by atoms with Gasteiger partial charge in [-0.3, -0.25) is 9.59 Å². The smallest absolute Gasteiger partial charge is 0.293 e. The molecule has 0 atom stereocenters. The highest BCUT2D eigenvalue weighted by Crippen LogP contribution is 2.16. The predicted molar refractivity (Wildman–Crippen MR) is 114 cm³/mol. The van der Waals surface area contributed by atoms with Gasteiger partial charge in [-0.15, -0.1) is 0 Å². The third-order valence-corrected chi connectivity index (χ3v) is 5.69. The summed E-state index contributed by atoms with van der Waals surface area (Å²) in [7, 11) is 1.77. The van der Waals surface area contributed by atoms with Crippen LogP contribution in [0.3, 0.4) is 0 Å². The van der Waals surface area contributed by atoms with Gasteiger partial charge in [-0.05, 0) is 29.8 Å². The molecule has 1 aliphatic rings. The molecule has 0 bridgehead atoms. The fraction of sp³-hybridized carbons (Fsp3) is 0.286. The van der Waals surface area contributed by atoms with Gasteiger partial charge in [0.05, 0.1) is 17.5 Å². The molecule has 0 N–H and O–H groups in total. The third kappa shape index (κ3) is 3.67. The monoisotopic (exact) mass is 440 g/mol. The van der Waals surface area contributed by atoms with Crippen LogP contribution in [0, 0.1) is 0 Å². The van der Waals surface area contributed by atoms with Gasteiger partial charge in [0.1, 0.15) is 0 Å². The Kier molecular flexibility index (Phi) is 5.17. The van der Waals surface area contributed by atoms with Crippen LogP contribution >= 0.6 is 15.9 Å². The van der Waals surface area contributed by atoms with Crippen LogP contribution in [0.1, 0.15) is 5.56 Å². The number of benzene rings is 2. The van der Waals surface area contributed by atoms with Crippen LogP contribution in [0.4, 0.5) is 5.82 Å². The SMILES string of the molecule is Cn1c(=O)c(N2CCN(C(=O)Cc3ccc(Br)cc3)CC2)nc2ccccc21. The van der Waals surface area contributed by atoms with E-state index in [1.54, 1.807) is 11.6 Å². The number of carbonyl (C=O) groups excluding carboxylic acids is 1. The van der Waals surface area contributed by atoms with Crippen LogP contribution in [0.2, 0.25) is 0 Å². The number of piperazine rings is 1. The topological polar surface area (TPSA) is 58.4 Å². The molecule has 2 aromatic carbocycles. The molecule has 1 fully saturated rings. The van der Waals surface area contributed by atoms with E-state index in [1.165, 1.54) is 0 Å². The molecular weight excluding hydrogens is 420 g/mol. The number of carbonyl (C=O) groups is 1. The summed E-state index contributed by atoms with van der Waals surface area (Å²) in [6.07, 6.45) is 0.392. The molecule has 0 spiro atoms. The first-order valence-corrected chi connectivity index (χ1v) is 10.0. The molecule has 144 valence electrons. The quantitative estimate of drug-likeness (QED) is 0.627. The highest BCUT2D eigenvalue weighted by atomic mass is 79.9. The fourth-order valence-corrected chi connectivity index (χ4v) is 3.79. The Bertz CT molecular complexity index is 1070. The van der Waals surface area contributed by atoms with Crippen molar-refractivity contribution in [3.05, 3.63) is 68.9 Å². The van der Waals surface area contributed by atoms with E-state index in [4.69, 9.17) is 0 Å². The Labute approximate surface area is 171 Å². The maximum atomic E-state index is 12.7. The van der Waals surface area contributed by atoms with Gasteiger partial charge in [0, 0.05) is 37.7 Å². The second-order valence-corrected chi connectivity index (χ2v) is 7.88. The molecule has 1 aromatic heterocycles. The van der Waals surface area contributed by atoms with Crippen molar-refractivity contribution in [3.8, 4) is 0 Å². The van der Waals surface area contributed by atoms with E-state index in [2.05, 4.69) is 20.9 Å². The highest BCUT2D eigenvalue weighted by molar-refractivity contribution is 9.10. The Balaban J connectivity index is 1.46. The van der Waals surface area contributed by atoms with Crippen LogP contribution < -0.4 is 10.5 Å². The van der Waals surface area contributed by atoms with Crippen molar-refractivity contribution in [1.82, 2.24) is 14.5 Å². The first kappa shape index (κ1) is 18.7. The van der Waals surface area contributed by atoms with E-state index in [0.29, 0.717) is 38.4 Å². The molecule has 2 heterocycles. The van der Waals surface area contributed by atoms with Crippen molar-refractivity contribution in [3.63, 3.8) is 0 Å². The molecule has 4 rings (SSSR count). The predicted octanol–water partition coefficient (Wildman–Crippen LogP) is 2.59. The lowest BCUT2D eigenvalue weighted by molar-refractivity contribution is -0.130. The summed E-state index contributed by atoms with van der Waals surface area (Å²) in [5.74, 6) is 0.572. The summed E-state index contributed by atoms with van der Waals surface area (Å²) >= 11 is 3.41. The number of hydrogen-bond acceptors (Lipinski definition) is 4. The molecule has 6 nitrogen and oxygen atoms in total. The number of para-hydroxylation sites is 2. The Morgan fingerprint density at radius 2 is 1.71 bits per heavy atom. The summed E-state index contributed by atoms with van der Waals surface area (Å²) in [6.45, 7) is 2.39. The summed E-state index contributed by atoms with van der Waals surface area (Å²) in [6, 6.07) is 15.4. The molecule has 1 saturated heterocycles. The van der Waals surface area contributed by atoms with E-state index < -0.39 is 0 Å². The maximum absolute atomic E-state index is 12.7. The van der Waals surface area contributed by atoms with Crippen LogP contribution in [0.15, 0.2) is 57.8 Å². The molecule has 0 aliphatic carbocycles. The van der Waals surface area contributed by atoms with Crippen molar-refractivity contribution in [2.75, 3.05) is 31.1 Å². The van der Waals surface area contributed by atoms with Crippen LogP contribution in [-0.4, -0.2) is 46.5 Å². The van der Waals surface area contributed by atoms with Gasteiger partial charge >= 0.3 is 0 Å². The van der Waals surface area contributed by atoms with Crippen molar-refractivity contribution >= 4 is 38.7 Å². The largest absolute Gasteiger partial charge is 0.348 e. The Morgan fingerprint density at radius 3 is 2.43 bits per heavy atom. The van der Waals surface area contributed by atoms with Crippen LogP contribution in [0.25, 0.3) is 11.0 Å². The minimum Gasteiger partial charge on any atom is -0.348 e. The molecule has 28 heavy (non-hydrogen) atoms. The maximum Gasteiger partial charge on any atom is 0.293 e. The number of fused-ring (bicyclic) bond motifs is 1. The fourth-order valence-electron chi connectivity index (χ4n) is 3.53. The highest BCUT2D eigenvalue weighted by Gasteiger charge is 2.24. The average molecular weight is 441 g/mol. The number of halogens is 1.